The van der Waals surface area contributed by atoms with Gasteiger partial charge in [-0.3, -0.25) is 0 Å². The highest BCUT2D eigenvalue weighted by Crippen LogP contribution is 2.51. The molecule has 8 heteroatoms. The topological polar surface area (TPSA) is 40.5 Å². The molecule has 0 aliphatic heterocycles. The molecule has 1 aliphatic rings. The van der Waals surface area contributed by atoms with Gasteiger partial charge in [0.1, 0.15) is 0 Å². The molecular weight excluding hydrogens is 314 g/mol. The van der Waals surface area contributed by atoms with Gasteiger partial charge >= 0.3 is 12.4 Å². The molecule has 1 aromatic carbocycles. The molecule has 1 aliphatic carbocycles. The number of rotatable bonds is 1. The van der Waals surface area contributed by atoms with Crippen LogP contribution >= 0.6 is 0 Å². The van der Waals surface area contributed by atoms with Crippen molar-refractivity contribution < 1.29 is 36.6 Å². The zero-order valence-electron chi connectivity index (χ0n) is 11.0. The minimum absolute atomic E-state index is 0.0764. The number of alkyl halides is 6. The number of halogens is 6. The molecule has 0 radical (unpaired) electrons. The predicted molar refractivity (Wildman–Crippen MR) is 65.7 cm³/mol. The second-order valence-corrected chi connectivity index (χ2v) is 5.34. The van der Waals surface area contributed by atoms with Gasteiger partial charge in [-0.05, 0) is 17.2 Å². The molecule has 2 unspecified atom stereocenters. The molecule has 0 fully saturated rings. The first-order chi connectivity index (χ1) is 9.88. The molecule has 0 heterocycles. The molecule has 0 saturated carbocycles. The van der Waals surface area contributed by atoms with Crippen molar-refractivity contribution in [3.05, 3.63) is 42.0 Å². The van der Waals surface area contributed by atoms with Crippen molar-refractivity contribution in [2.24, 2.45) is 0 Å². The van der Waals surface area contributed by atoms with Crippen LogP contribution in [0.25, 0.3) is 5.57 Å². The van der Waals surface area contributed by atoms with Gasteiger partial charge < -0.3 is 10.2 Å². The SMILES string of the molecule is OC1(C(F)(F)F)C=C(c2ccccc2)CC(O)(C(F)(F)F)C1. The maximum Gasteiger partial charge on any atom is 0.420 e. The minimum Gasteiger partial charge on any atom is -0.380 e. The highest BCUT2D eigenvalue weighted by Gasteiger charge is 2.65. The number of benzene rings is 1. The second-order valence-electron chi connectivity index (χ2n) is 5.34. The van der Waals surface area contributed by atoms with Crippen LogP contribution in [0.5, 0.6) is 0 Å². The van der Waals surface area contributed by atoms with E-state index in [1.54, 1.807) is 6.07 Å². The predicted octanol–water partition coefficient (Wildman–Crippen LogP) is 3.45. The maximum absolute atomic E-state index is 13.0. The molecule has 0 spiro atoms. The van der Waals surface area contributed by atoms with Crippen molar-refractivity contribution >= 4 is 5.57 Å². The molecule has 2 nitrogen and oxygen atoms in total. The first kappa shape index (κ1) is 16.8. The number of hydrogen-bond acceptors (Lipinski definition) is 2. The zero-order valence-corrected chi connectivity index (χ0v) is 11.0. The fraction of sp³-hybridized carbons (Fsp3) is 0.429. The molecule has 2 rings (SSSR count). The van der Waals surface area contributed by atoms with E-state index in [9.17, 15) is 36.6 Å². The summed E-state index contributed by atoms with van der Waals surface area (Å²) in [6.07, 6.45) is -13.2. The summed E-state index contributed by atoms with van der Waals surface area (Å²) in [6, 6.07) is 7.03. The van der Waals surface area contributed by atoms with Gasteiger partial charge in [0, 0.05) is 12.8 Å². The Morgan fingerprint density at radius 3 is 1.86 bits per heavy atom. The van der Waals surface area contributed by atoms with E-state index in [2.05, 4.69) is 0 Å². The van der Waals surface area contributed by atoms with Gasteiger partial charge in [-0.1, -0.05) is 30.3 Å². The van der Waals surface area contributed by atoms with Crippen LogP contribution in [0.4, 0.5) is 26.3 Å². The minimum atomic E-state index is -5.34. The van der Waals surface area contributed by atoms with E-state index >= 15 is 0 Å². The van der Waals surface area contributed by atoms with Gasteiger partial charge in [0.2, 0.25) is 0 Å². The lowest BCUT2D eigenvalue weighted by atomic mass is 9.74. The maximum atomic E-state index is 13.0. The first-order valence-corrected chi connectivity index (χ1v) is 6.23. The Balaban J connectivity index is 2.58. The van der Waals surface area contributed by atoms with E-state index in [1.807, 2.05) is 0 Å². The first-order valence-electron chi connectivity index (χ1n) is 6.23. The smallest absolute Gasteiger partial charge is 0.380 e. The summed E-state index contributed by atoms with van der Waals surface area (Å²) in [7, 11) is 0. The molecule has 0 bridgehead atoms. The van der Waals surface area contributed by atoms with Crippen LogP contribution < -0.4 is 0 Å². The third-order valence-corrected chi connectivity index (χ3v) is 3.62. The van der Waals surface area contributed by atoms with Crippen molar-refractivity contribution in [2.45, 2.75) is 36.4 Å². The summed E-state index contributed by atoms with van der Waals surface area (Å²) in [5, 5.41) is 19.4. The van der Waals surface area contributed by atoms with Crippen LogP contribution in [0.2, 0.25) is 0 Å². The molecule has 2 N–H and O–H groups in total. The number of hydrogen-bond donors (Lipinski definition) is 2. The molecular formula is C14H12F6O2. The van der Waals surface area contributed by atoms with Gasteiger partial charge in [0.25, 0.3) is 0 Å². The van der Waals surface area contributed by atoms with Crippen LogP contribution in [0.3, 0.4) is 0 Å². The largest absolute Gasteiger partial charge is 0.420 e. The second kappa shape index (κ2) is 4.99. The van der Waals surface area contributed by atoms with E-state index < -0.39 is 42.0 Å². The average Bonchev–Trinajstić information content (AvgIpc) is 2.36. The Labute approximate surface area is 121 Å². The Morgan fingerprint density at radius 2 is 1.41 bits per heavy atom. The fourth-order valence-corrected chi connectivity index (χ4v) is 2.43. The molecule has 0 amide bonds. The van der Waals surface area contributed by atoms with Gasteiger partial charge in [-0.25, -0.2) is 0 Å². The Hall–Kier alpha value is -1.54. The van der Waals surface area contributed by atoms with Crippen molar-refractivity contribution in [1.29, 1.82) is 0 Å². The van der Waals surface area contributed by atoms with Crippen molar-refractivity contribution in [3.63, 3.8) is 0 Å². The quantitative estimate of drug-likeness (QED) is 0.776. The highest BCUT2D eigenvalue weighted by atomic mass is 19.4. The lowest BCUT2D eigenvalue weighted by Gasteiger charge is -2.42. The van der Waals surface area contributed by atoms with Gasteiger partial charge in [-0.15, -0.1) is 0 Å². The van der Waals surface area contributed by atoms with Crippen molar-refractivity contribution in [3.8, 4) is 0 Å². The van der Waals surface area contributed by atoms with E-state index in [-0.39, 0.29) is 5.56 Å². The summed E-state index contributed by atoms with van der Waals surface area (Å²) >= 11 is 0. The van der Waals surface area contributed by atoms with E-state index in [0.717, 1.165) is 0 Å². The van der Waals surface area contributed by atoms with Gasteiger partial charge in [-0.2, -0.15) is 26.3 Å². The molecule has 122 valence electrons. The van der Waals surface area contributed by atoms with Crippen LogP contribution in [0.15, 0.2) is 36.4 Å². The third-order valence-electron chi connectivity index (χ3n) is 3.62. The van der Waals surface area contributed by atoms with E-state index in [0.29, 0.717) is 6.08 Å². The summed E-state index contributed by atoms with van der Waals surface area (Å²) in [6.45, 7) is 0. The van der Waals surface area contributed by atoms with E-state index in [4.69, 9.17) is 0 Å². The molecule has 2 atom stereocenters. The van der Waals surface area contributed by atoms with Crippen molar-refractivity contribution in [2.75, 3.05) is 0 Å². The van der Waals surface area contributed by atoms with Crippen LogP contribution in [-0.2, 0) is 0 Å². The normalized spacial score (nSPS) is 30.1. The van der Waals surface area contributed by atoms with Gasteiger partial charge in [0.15, 0.2) is 11.2 Å². The Morgan fingerprint density at radius 1 is 0.864 bits per heavy atom. The Kier molecular flexibility index (Phi) is 3.81. The van der Waals surface area contributed by atoms with Crippen LogP contribution in [0, 0.1) is 0 Å². The van der Waals surface area contributed by atoms with Crippen molar-refractivity contribution in [1.82, 2.24) is 0 Å². The zero-order chi connectivity index (χ0) is 16.8. The van der Waals surface area contributed by atoms with Gasteiger partial charge in [0.05, 0.1) is 0 Å². The Bertz CT molecular complexity index is 577. The lowest BCUT2D eigenvalue weighted by molar-refractivity contribution is -0.305. The summed E-state index contributed by atoms with van der Waals surface area (Å²) in [5.74, 6) is 0. The van der Waals surface area contributed by atoms with E-state index in [1.165, 1.54) is 24.3 Å². The summed E-state index contributed by atoms with van der Waals surface area (Å²) in [4.78, 5) is 0. The lowest BCUT2D eigenvalue weighted by Crippen LogP contribution is -2.58. The number of aliphatic hydroxyl groups is 2. The average molecular weight is 326 g/mol. The monoisotopic (exact) mass is 326 g/mol. The molecule has 1 aromatic rings. The molecule has 0 aromatic heterocycles. The highest BCUT2D eigenvalue weighted by molar-refractivity contribution is 5.69. The molecule has 0 saturated heterocycles. The standard InChI is InChI=1S/C14H12F6O2/c15-13(16,17)11(21)6-10(9-4-2-1-3-5-9)7-12(22,8-11)14(18,19)20/h1-6,21-22H,7-8H2. The summed E-state index contributed by atoms with van der Waals surface area (Å²) in [5.41, 5.74) is -7.74. The van der Waals surface area contributed by atoms with Crippen LogP contribution in [-0.4, -0.2) is 33.8 Å². The molecule has 22 heavy (non-hydrogen) atoms. The van der Waals surface area contributed by atoms with Crippen LogP contribution in [0.1, 0.15) is 18.4 Å². The third kappa shape index (κ3) is 2.85. The summed E-state index contributed by atoms with van der Waals surface area (Å²) < 4.78 is 77.9. The fourth-order valence-electron chi connectivity index (χ4n) is 2.43.